The highest BCUT2D eigenvalue weighted by Crippen LogP contribution is 2.16. The van der Waals surface area contributed by atoms with Crippen LogP contribution < -0.4 is 0 Å². The van der Waals surface area contributed by atoms with Crippen LogP contribution in [-0.4, -0.2) is 26.9 Å². The molecule has 0 amide bonds. The summed E-state index contributed by atoms with van der Waals surface area (Å²) in [4.78, 5) is 24.2. The predicted octanol–water partition coefficient (Wildman–Crippen LogP) is 2.30. The quantitative estimate of drug-likeness (QED) is 0.447. The maximum atomic E-state index is 13.1. The SMILES string of the molecule is O=C(O)C(=O)C=C(O)c1c[nH]c(Cc2cccc(F)c2)c1. The summed E-state index contributed by atoms with van der Waals surface area (Å²) in [6.45, 7) is 0. The second-order valence-corrected chi connectivity index (χ2v) is 4.42. The molecule has 0 saturated heterocycles. The Morgan fingerprint density at radius 1 is 1.24 bits per heavy atom. The van der Waals surface area contributed by atoms with Crippen LogP contribution in [0, 0.1) is 5.82 Å². The van der Waals surface area contributed by atoms with Crippen molar-refractivity contribution < 1.29 is 24.2 Å². The average molecular weight is 289 g/mol. The number of aromatic nitrogens is 1. The van der Waals surface area contributed by atoms with Crippen molar-refractivity contribution in [3.63, 3.8) is 0 Å². The van der Waals surface area contributed by atoms with E-state index in [1.54, 1.807) is 18.2 Å². The lowest BCUT2D eigenvalue weighted by Gasteiger charge is -1.99. The molecule has 3 N–H and O–H groups in total. The van der Waals surface area contributed by atoms with Crippen LogP contribution in [-0.2, 0) is 16.0 Å². The molecular weight excluding hydrogens is 277 g/mol. The fourth-order valence-corrected chi connectivity index (χ4v) is 1.83. The Morgan fingerprint density at radius 2 is 2.00 bits per heavy atom. The van der Waals surface area contributed by atoms with Gasteiger partial charge in [-0.2, -0.15) is 0 Å². The highest BCUT2D eigenvalue weighted by Gasteiger charge is 2.11. The zero-order valence-electron chi connectivity index (χ0n) is 10.8. The van der Waals surface area contributed by atoms with Crippen LogP contribution in [0.5, 0.6) is 0 Å². The summed E-state index contributed by atoms with van der Waals surface area (Å²) in [6, 6.07) is 7.65. The first-order valence-corrected chi connectivity index (χ1v) is 6.05. The summed E-state index contributed by atoms with van der Waals surface area (Å²) in [5.74, 6) is -3.63. The Bertz CT molecular complexity index is 718. The van der Waals surface area contributed by atoms with E-state index in [1.165, 1.54) is 18.3 Å². The molecule has 0 saturated carbocycles. The molecule has 0 spiro atoms. The van der Waals surface area contributed by atoms with Gasteiger partial charge in [-0.1, -0.05) is 12.1 Å². The number of benzene rings is 1. The molecule has 0 aliphatic carbocycles. The Hall–Kier alpha value is -2.89. The molecule has 0 bridgehead atoms. The Balaban J connectivity index is 2.15. The molecule has 0 aliphatic heterocycles. The number of hydrogen-bond acceptors (Lipinski definition) is 3. The van der Waals surface area contributed by atoms with Crippen LogP contribution >= 0.6 is 0 Å². The number of hydrogen-bond donors (Lipinski definition) is 3. The molecule has 0 unspecified atom stereocenters. The van der Waals surface area contributed by atoms with Gasteiger partial charge in [-0.05, 0) is 23.8 Å². The Morgan fingerprint density at radius 3 is 2.67 bits per heavy atom. The van der Waals surface area contributed by atoms with E-state index in [1.807, 2.05) is 0 Å². The molecule has 0 radical (unpaired) electrons. The maximum absolute atomic E-state index is 13.1. The molecule has 108 valence electrons. The van der Waals surface area contributed by atoms with Gasteiger partial charge < -0.3 is 15.2 Å². The topological polar surface area (TPSA) is 90.4 Å². The summed E-state index contributed by atoms with van der Waals surface area (Å²) < 4.78 is 13.1. The number of H-pyrrole nitrogens is 1. The third-order valence-electron chi connectivity index (χ3n) is 2.80. The van der Waals surface area contributed by atoms with Crippen molar-refractivity contribution in [3.8, 4) is 0 Å². The summed E-state index contributed by atoms with van der Waals surface area (Å²) in [7, 11) is 0. The summed E-state index contributed by atoms with van der Waals surface area (Å²) in [5.41, 5.74) is 1.72. The minimum absolute atomic E-state index is 0.288. The van der Waals surface area contributed by atoms with Crippen molar-refractivity contribution >= 4 is 17.5 Å². The van der Waals surface area contributed by atoms with Crippen molar-refractivity contribution in [2.24, 2.45) is 0 Å². The van der Waals surface area contributed by atoms with E-state index in [2.05, 4.69) is 4.98 Å². The van der Waals surface area contributed by atoms with Crippen molar-refractivity contribution in [1.29, 1.82) is 0 Å². The molecular formula is C15H12FNO4. The zero-order chi connectivity index (χ0) is 15.4. The number of carbonyl (C=O) groups excluding carboxylic acids is 1. The van der Waals surface area contributed by atoms with Crippen molar-refractivity contribution in [3.05, 3.63) is 65.2 Å². The van der Waals surface area contributed by atoms with Gasteiger partial charge in [0, 0.05) is 30.0 Å². The number of aliphatic hydroxyl groups is 1. The number of aliphatic hydroxyl groups excluding tert-OH is 1. The molecule has 2 rings (SSSR count). The Kier molecular flexibility index (Phi) is 4.18. The van der Waals surface area contributed by atoms with E-state index in [4.69, 9.17) is 5.11 Å². The number of halogens is 1. The van der Waals surface area contributed by atoms with Gasteiger partial charge in [0.05, 0.1) is 0 Å². The molecule has 5 nitrogen and oxygen atoms in total. The fourth-order valence-electron chi connectivity index (χ4n) is 1.83. The van der Waals surface area contributed by atoms with Crippen LogP contribution in [0.2, 0.25) is 0 Å². The van der Waals surface area contributed by atoms with Crippen molar-refractivity contribution in [1.82, 2.24) is 4.98 Å². The number of aliphatic carboxylic acids is 1. The normalized spacial score (nSPS) is 11.4. The first-order chi connectivity index (χ1) is 9.95. The second-order valence-electron chi connectivity index (χ2n) is 4.42. The lowest BCUT2D eigenvalue weighted by Crippen LogP contribution is -2.09. The van der Waals surface area contributed by atoms with Gasteiger partial charge in [0.2, 0.25) is 0 Å². The molecule has 21 heavy (non-hydrogen) atoms. The number of aromatic amines is 1. The number of carboxylic acid groups (broad SMARTS) is 1. The molecule has 0 atom stereocenters. The number of rotatable bonds is 5. The maximum Gasteiger partial charge on any atom is 0.376 e. The van der Waals surface area contributed by atoms with E-state index in [9.17, 15) is 19.1 Å². The molecule has 0 aliphatic rings. The van der Waals surface area contributed by atoms with Crippen LogP contribution in [0.1, 0.15) is 16.8 Å². The lowest BCUT2D eigenvalue weighted by atomic mass is 10.1. The van der Waals surface area contributed by atoms with E-state index in [0.29, 0.717) is 18.2 Å². The van der Waals surface area contributed by atoms with Gasteiger partial charge in [-0.25, -0.2) is 9.18 Å². The van der Waals surface area contributed by atoms with Crippen LogP contribution in [0.15, 0.2) is 42.6 Å². The molecule has 6 heteroatoms. The smallest absolute Gasteiger partial charge is 0.376 e. The second kappa shape index (κ2) is 6.04. The molecule has 1 heterocycles. The average Bonchev–Trinajstić information content (AvgIpc) is 2.87. The minimum atomic E-state index is -1.64. The summed E-state index contributed by atoms with van der Waals surface area (Å²) in [5, 5.41) is 18.1. The molecule has 0 fully saturated rings. The highest BCUT2D eigenvalue weighted by molar-refractivity contribution is 6.38. The van der Waals surface area contributed by atoms with Crippen LogP contribution in [0.3, 0.4) is 0 Å². The van der Waals surface area contributed by atoms with E-state index >= 15 is 0 Å². The van der Waals surface area contributed by atoms with Gasteiger partial charge in [0.25, 0.3) is 5.78 Å². The van der Waals surface area contributed by atoms with E-state index in [0.717, 1.165) is 5.56 Å². The lowest BCUT2D eigenvalue weighted by molar-refractivity contribution is -0.146. The van der Waals surface area contributed by atoms with Gasteiger partial charge >= 0.3 is 5.97 Å². The number of carboxylic acids is 1. The number of carbonyl (C=O) groups is 2. The number of nitrogens with one attached hydrogen (secondary N) is 1. The van der Waals surface area contributed by atoms with Gasteiger partial charge in [-0.15, -0.1) is 0 Å². The third kappa shape index (κ3) is 3.79. The summed E-state index contributed by atoms with van der Waals surface area (Å²) in [6.07, 6.45) is 2.49. The zero-order valence-corrected chi connectivity index (χ0v) is 10.8. The Labute approximate surface area is 119 Å². The largest absolute Gasteiger partial charge is 0.507 e. The van der Waals surface area contributed by atoms with Crippen molar-refractivity contribution in [2.45, 2.75) is 6.42 Å². The summed E-state index contributed by atoms with van der Waals surface area (Å²) >= 11 is 0. The van der Waals surface area contributed by atoms with Crippen molar-refractivity contribution in [2.75, 3.05) is 0 Å². The minimum Gasteiger partial charge on any atom is -0.507 e. The fraction of sp³-hybridized carbons (Fsp3) is 0.0667. The standard InChI is InChI=1S/C15H12FNO4/c16-11-3-1-2-9(4-11)5-12-6-10(8-17-12)13(18)7-14(19)15(20)21/h1-4,6-8,17-18H,5H2,(H,20,21). The monoisotopic (exact) mass is 289 g/mol. The molecule has 1 aromatic carbocycles. The highest BCUT2D eigenvalue weighted by atomic mass is 19.1. The number of ketones is 1. The van der Waals surface area contributed by atoms with Gasteiger partial charge in [0.15, 0.2) is 0 Å². The van der Waals surface area contributed by atoms with Gasteiger partial charge in [-0.3, -0.25) is 4.79 Å². The van der Waals surface area contributed by atoms with Gasteiger partial charge in [0.1, 0.15) is 11.6 Å². The van der Waals surface area contributed by atoms with E-state index in [-0.39, 0.29) is 11.4 Å². The first-order valence-electron chi connectivity index (χ1n) is 6.05. The molecule has 1 aromatic heterocycles. The molecule has 2 aromatic rings. The van der Waals surface area contributed by atoms with E-state index < -0.39 is 17.5 Å². The predicted molar refractivity (Wildman–Crippen MR) is 73.2 cm³/mol. The third-order valence-corrected chi connectivity index (χ3v) is 2.80. The first kappa shape index (κ1) is 14.5. The van der Waals surface area contributed by atoms with Crippen LogP contribution in [0.4, 0.5) is 4.39 Å². The van der Waals surface area contributed by atoms with Crippen LogP contribution in [0.25, 0.3) is 5.76 Å².